The highest BCUT2D eigenvalue weighted by Gasteiger charge is 2.36. The zero-order valence-electron chi connectivity index (χ0n) is 28.6. The van der Waals surface area contributed by atoms with E-state index < -0.39 is 41.4 Å². The number of methoxy groups -OCH3 is 1. The smallest absolute Gasteiger partial charge is 0.329 e. The number of urea groups is 1. The van der Waals surface area contributed by atoms with Crippen molar-refractivity contribution in [2.45, 2.75) is 83.4 Å². The Morgan fingerprint density at radius 3 is 2.56 bits per heavy atom. The normalized spacial score (nSPS) is 16.8. The molecule has 12 heteroatoms. The van der Waals surface area contributed by atoms with Crippen molar-refractivity contribution in [1.82, 2.24) is 20.5 Å². The minimum Gasteiger partial charge on any atom is -0.497 e. The predicted molar refractivity (Wildman–Crippen MR) is 186 cm³/mol. The third-order valence-electron chi connectivity index (χ3n) is 8.55. The lowest BCUT2D eigenvalue weighted by atomic mass is 9.90. The first-order valence-corrected chi connectivity index (χ1v) is 16.7. The van der Waals surface area contributed by atoms with Crippen LogP contribution in [0.5, 0.6) is 5.75 Å². The molecule has 0 saturated carbocycles. The third kappa shape index (κ3) is 9.72. The van der Waals surface area contributed by atoms with E-state index in [-0.39, 0.29) is 18.5 Å². The van der Waals surface area contributed by atoms with Crippen LogP contribution in [0.2, 0.25) is 0 Å². The van der Waals surface area contributed by atoms with E-state index in [4.69, 9.17) is 15.2 Å². The molecule has 4 amide bonds. The Labute approximate surface area is 282 Å². The number of piperidine rings is 1. The van der Waals surface area contributed by atoms with Crippen LogP contribution in [0, 0.1) is 5.92 Å². The van der Waals surface area contributed by atoms with E-state index >= 15 is 0 Å². The third-order valence-corrected chi connectivity index (χ3v) is 8.55. The van der Waals surface area contributed by atoms with Gasteiger partial charge in [0.05, 0.1) is 13.0 Å². The van der Waals surface area contributed by atoms with Crippen LogP contribution in [-0.4, -0.2) is 78.1 Å². The maximum absolute atomic E-state index is 14.1. The Balaban J connectivity index is 1.54. The van der Waals surface area contributed by atoms with E-state index in [1.165, 1.54) is 0 Å². The van der Waals surface area contributed by atoms with Gasteiger partial charge in [-0.05, 0) is 83.2 Å². The molecule has 260 valence electrons. The van der Waals surface area contributed by atoms with Crippen molar-refractivity contribution in [3.8, 4) is 5.75 Å². The van der Waals surface area contributed by atoms with Crippen LogP contribution in [0.15, 0.2) is 54.7 Å². The van der Waals surface area contributed by atoms with Crippen LogP contribution in [0.3, 0.4) is 0 Å². The van der Waals surface area contributed by atoms with Gasteiger partial charge >= 0.3 is 12.0 Å². The lowest BCUT2D eigenvalue weighted by Crippen LogP contribution is -2.56. The molecular formula is C36H50N6O6. The summed E-state index contributed by atoms with van der Waals surface area (Å²) >= 11 is 0. The van der Waals surface area contributed by atoms with Crippen LogP contribution in [0.4, 0.5) is 10.5 Å². The topological polar surface area (TPSA) is 168 Å². The Morgan fingerprint density at radius 1 is 1.06 bits per heavy atom. The molecule has 0 spiro atoms. The number of hydrogen-bond donors (Lipinski definition) is 5. The number of carbonyl (C=O) groups excluding carboxylic acids is 4. The quantitative estimate of drug-likeness (QED) is 0.131. The lowest BCUT2D eigenvalue weighted by molar-refractivity contribution is -0.159. The molecule has 12 nitrogen and oxygen atoms in total. The molecule has 0 bridgehead atoms. The molecule has 0 aliphatic carbocycles. The highest BCUT2D eigenvalue weighted by atomic mass is 16.6. The van der Waals surface area contributed by atoms with Crippen molar-refractivity contribution in [3.05, 3.63) is 60.3 Å². The fourth-order valence-corrected chi connectivity index (χ4v) is 5.99. The zero-order chi connectivity index (χ0) is 34.8. The van der Waals surface area contributed by atoms with Crippen molar-refractivity contribution in [2.24, 2.45) is 11.7 Å². The fraction of sp³-hybridized carbons (Fsp3) is 0.500. The first kappa shape index (κ1) is 36.3. The zero-order valence-corrected chi connectivity index (χ0v) is 28.6. The molecule has 1 fully saturated rings. The molecule has 1 saturated heterocycles. The van der Waals surface area contributed by atoms with Gasteiger partial charge in [-0.3, -0.25) is 9.59 Å². The van der Waals surface area contributed by atoms with Crippen molar-refractivity contribution in [3.63, 3.8) is 0 Å². The number of unbranched alkanes of at least 4 members (excludes halogenated alkanes) is 1. The van der Waals surface area contributed by atoms with Gasteiger partial charge in [0.2, 0.25) is 11.8 Å². The number of likely N-dealkylation sites (tertiary alicyclic amines) is 1. The second-order valence-electron chi connectivity index (χ2n) is 13.4. The number of nitrogens with one attached hydrogen (secondary N) is 4. The van der Waals surface area contributed by atoms with Gasteiger partial charge in [-0.25, -0.2) is 9.59 Å². The molecular weight excluding hydrogens is 612 g/mol. The minimum atomic E-state index is -1.02. The number of benzene rings is 2. The van der Waals surface area contributed by atoms with Gasteiger partial charge in [0, 0.05) is 47.9 Å². The van der Waals surface area contributed by atoms with Crippen molar-refractivity contribution in [1.29, 1.82) is 0 Å². The van der Waals surface area contributed by atoms with Gasteiger partial charge in [-0.2, -0.15) is 0 Å². The van der Waals surface area contributed by atoms with Gasteiger partial charge in [-0.1, -0.05) is 31.2 Å². The van der Waals surface area contributed by atoms with Gasteiger partial charge < -0.3 is 41.0 Å². The number of aromatic amines is 1. The summed E-state index contributed by atoms with van der Waals surface area (Å²) in [5.74, 6) is -1.75. The number of aromatic nitrogens is 1. The lowest BCUT2D eigenvalue weighted by Gasteiger charge is -2.34. The highest BCUT2D eigenvalue weighted by molar-refractivity contribution is 5.94. The average Bonchev–Trinajstić information content (AvgIpc) is 3.50. The number of hydrogen-bond acceptors (Lipinski definition) is 7. The number of carbonyl (C=O) groups is 4. The van der Waals surface area contributed by atoms with Crippen molar-refractivity contribution in [2.75, 3.05) is 32.1 Å². The minimum absolute atomic E-state index is 0.192. The molecule has 4 atom stereocenters. The predicted octanol–water partition coefficient (Wildman–Crippen LogP) is 4.66. The maximum Gasteiger partial charge on any atom is 0.329 e. The first-order chi connectivity index (χ1) is 22.9. The molecule has 2 heterocycles. The Hall–Kier alpha value is -4.58. The molecule has 0 radical (unpaired) electrons. The molecule has 4 rings (SSSR count). The molecule has 2 aromatic carbocycles. The van der Waals surface area contributed by atoms with E-state index in [2.05, 4.69) is 20.9 Å². The number of ether oxygens (including phenoxy) is 2. The van der Waals surface area contributed by atoms with E-state index in [9.17, 15) is 19.2 Å². The summed E-state index contributed by atoms with van der Waals surface area (Å²) in [6.07, 6.45) is 4.68. The summed E-state index contributed by atoms with van der Waals surface area (Å²) in [6.45, 7) is 8.35. The molecule has 1 aromatic heterocycles. The van der Waals surface area contributed by atoms with Crippen LogP contribution < -0.4 is 26.4 Å². The van der Waals surface area contributed by atoms with E-state index in [1.807, 2.05) is 37.4 Å². The van der Waals surface area contributed by atoms with Crippen molar-refractivity contribution < 1.29 is 28.7 Å². The van der Waals surface area contributed by atoms with E-state index in [1.54, 1.807) is 57.0 Å². The number of esters is 1. The maximum atomic E-state index is 14.1. The monoisotopic (exact) mass is 662 g/mol. The Morgan fingerprint density at radius 2 is 1.83 bits per heavy atom. The van der Waals surface area contributed by atoms with Crippen LogP contribution in [0.1, 0.15) is 71.3 Å². The first-order valence-electron chi connectivity index (χ1n) is 16.7. The SMILES string of the molecule is COc1cccc(NC(=O)N2CCCC(C(=O)N[C@H](C(=O)N[C@@H](CCCCN)C(=O)OC(C)(C)C)[C@@H](C)c3c[nH]c4ccccc34)C2)c1. The van der Waals surface area contributed by atoms with Crippen LogP contribution in [0.25, 0.3) is 10.9 Å². The van der Waals surface area contributed by atoms with Gasteiger partial charge in [0.1, 0.15) is 23.4 Å². The summed E-state index contributed by atoms with van der Waals surface area (Å²) in [4.78, 5) is 59.3. The van der Waals surface area contributed by atoms with Crippen LogP contribution >= 0.6 is 0 Å². The number of rotatable bonds is 13. The van der Waals surface area contributed by atoms with Crippen LogP contribution in [-0.2, 0) is 19.1 Å². The number of anilines is 1. The number of para-hydroxylation sites is 1. The Kier molecular flexibility index (Phi) is 12.5. The van der Waals surface area contributed by atoms with Gasteiger partial charge in [-0.15, -0.1) is 0 Å². The number of nitrogens with zero attached hydrogens (tertiary/aromatic N) is 1. The number of fused-ring (bicyclic) bond motifs is 1. The van der Waals surface area contributed by atoms with E-state index in [0.29, 0.717) is 56.6 Å². The second-order valence-corrected chi connectivity index (χ2v) is 13.4. The van der Waals surface area contributed by atoms with Crippen molar-refractivity contribution >= 4 is 40.4 Å². The molecule has 1 aliphatic rings. The largest absolute Gasteiger partial charge is 0.497 e. The second kappa shape index (κ2) is 16.5. The number of H-pyrrole nitrogens is 1. The summed E-state index contributed by atoms with van der Waals surface area (Å²) in [7, 11) is 1.56. The molecule has 48 heavy (non-hydrogen) atoms. The van der Waals surface area contributed by atoms with Gasteiger partial charge in [0.25, 0.3) is 0 Å². The standard InChI is InChI=1S/C36H50N6O6/c1-23(28-21-38-29-16-7-6-15-27(28)29)31(33(44)40-30(17-8-9-18-37)34(45)48-36(2,3)4)41-32(43)24-12-11-19-42(22-24)35(46)39-25-13-10-14-26(20-25)47-5/h6-7,10,13-16,20-21,23-24,30-31,38H,8-9,11-12,17-19,22,37H2,1-5H3,(H,39,46)(H,40,44)(H,41,43)/t23-,24?,30-,31-/m0/s1. The van der Waals surface area contributed by atoms with E-state index in [0.717, 1.165) is 16.5 Å². The summed E-state index contributed by atoms with van der Waals surface area (Å²) in [6, 6.07) is 12.6. The molecule has 1 aliphatic heterocycles. The molecule has 1 unspecified atom stereocenters. The molecule has 6 N–H and O–H groups in total. The average molecular weight is 663 g/mol. The summed E-state index contributed by atoms with van der Waals surface area (Å²) in [5, 5.41) is 9.72. The highest BCUT2D eigenvalue weighted by Crippen LogP contribution is 2.29. The summed E-state index contributed by atoms with van der Waals surface area (Å²) in [5.41, 5.74) is 7.30. The van der Waals surface area contributed by atoms with Gasteiger partial charge in [0.15, 0.2) is 0 Å². The summed E-state index contributed by atoms with van der Waals surface area (Å²) < 4.78 is 10.9. The number of nitrogens with two attached hydrogens (primary N) is 1. The fourth-order valence-electron chi connectivity index (χ4n) is 5.99. The number of amides is 4. The molecule has 3 aromatic rings. The Bertz CT molecular complexity index is 1570.